The van der Waals surface area contributed by atoms with Crippen molar-refractivity contribution in [1.82, 2.24) is 20.4 Å². The van der Waals surface area contributed by atoms with Crippen LogP contribution < -0.4 is 4.72 Å². The van der Waals surface area contributed by atoms with Gasteiger partial charge in [0.25, 0.3) is 10.0 Å². The molecule has 0 aliphatic rings. The smallest absolute Gasteiger partial charge is 0.353 e. The maximum atomic E-state index is 11.7. The summed E-state index contributed by atoms with van der Waals surface area (Å²) in [6.07, 6.45) is 1.28. The highest BCUT2D eigenvalue weighted by Crippen LogP contribution is 2.12. The SMILES string of the molecule is O=C(O)c1cc(NS(=O)(=O)c2ccn[nH]2)n[nH]1. The molecule has 10 heteroatoms. The minimum absolute atomic E-state index is 0.114. The van der Waals surface area contributed by atoms with Crippen LogP contribution in [0.2, 0.25) is 0 Å². The lowest BCUT2D eigenvalue weighted by molar-refractivity contribution is 0.0690. The van der Waals surface area contributed by atoms with Crippen molar-refractivity contribution in [3.63, 3.8) is 0 Å². The molecule has 0 aliphatic carbocycles. The highest BCUT2D eigenvalue weighted by Gasteiger charge is 2.18. The molecule has 2 aromatic heterocycles. The lowest BCUT2D eigenvalue weighted by Crippen LogP contribution is -2.13. The molecular formula is C7H7N5O4S. The number of aromatic nitrogens is 4. The predicted octanol–water partition coefficient (Wildman–Crippen LogP) is -0.368. The van der Waals surface area contributed by atoms with Gasteiger partial charge in [0.05, 0.1) is 6.20 Å². The van der Waals surface area contributed by atoms with E-state index in [9.17, 15) is 13.2 Å². The fourth-order valence-corrected chi connectivity index (χ4v) is 1.97. The van der Waals surface area contributed by atoms with Crippen molar-refractivity contribution >= 4 is 21.8 Å². The van der Waals surface area contributed by atoms with Crippen LogP contribution in [-0.2, 0) is 10.0 Å². The number of rotatable bonds is 4. The second kappa shape index (κ2) is 3.90. The molecule has 0 saturated heterocycles. The summed E-state index contributed by atoms with van der Waals surface area (Å²) in [4.78, 5) is 10.5. The van der Waals surface area contributed by atoms with E-state index in [1.165, 1.54) is 12.3 Å². The summed E-state index contributed by atoms with van der Waals surface area (Å²) in [5.74, 6) is -1.35. The fraction of sp³-hybridized carbons (Fsp3) is 0. The Kier molecular flexibility index (Phi) is 2.55. The third-order valence-electron chi connectivity index (χ3n) is 1.81. The van der Waals surface area contributed by atoms with E-state index in [0.717, 1.165) is 6.07 Å². The second-order valence-corrected chi connectivity index (χ2v) is 4.65. The number of hydrogen-bond donors (Lipinski definition) is 4. The molecule has 0 spiro atoms. The van der Waals surface area contributed by atoms with Crippen LogP contribution in [0.15, 0.2) is 23.4 Å². The van der Waals surface area contributed by atoms with Crippen LogP contribution in [0.25, 0.3) is 0 Å². The van der Waals surface area contributed by atoms with E-state index in [1.54, 1.807) is 0 Å². The molecule has 90 valence electrons. The summed E-state index contributed by atoms with van der Waals surface area (Å²) in [6, 6.07) is 2.32. The molecule has 2 heterocycles. The van der Waals surface area contributed by atoms with E-state index in [0.29, 0.717) is 0 Å². The minimum Gasteiger partial charge on any atom is -0.477 e. The van der Waals surface area contributed by atoms with Crippen molar-refractivity contribution < 1.29 is 18.3 Å². The number of aromatic carboxylic acids is 1. The van der Waals surface area contributed by atoms with E-state index in [2.05, 4.69) is 25.1 Å². The van der Waals surface area contributed by atoms with Crippen molar-refractivity contribution in [2.24, 2.45) is 0 Å². The van der Waals surface area contributed by atoms with Gasteiger partial charge in [-0.2, -0.15) is 18.6 Å². The van der Waals surface area contributed by atoms with Gasteiger partial charge in [-0.25, -0.2) is 4.79 Å². The van der Waals surface area contributed by atoms with Gasteiger partial charge in [0.15, 0.2) is 10.8 Å². The number of H-pyrrole nitrogens is 2. The normalized spacial score (nSPS) is 11.3. The molecule has 17 heavy (non-hydrogen) atoms. The average molecular weight is 257 g/mol. The van der Waals surface area contributed by atoms with Gasteiger partial charge in [-0.05, 0) is 6.07 Å². The van der Waals surface area contributed by atoms with Gasteiger partial charge in [-0.15, -0.1) is 0 Å². The molecule has 0 saturated carbocycles. The molecule has 0 aliphatic heterocycles. The van der Waals surface area contributed by atoms with Gasteiger partial charge in [-0.1, -0.05) is 0 Å². The number of nitrogens with zero attached hydrogens (tertiary/aromatic N) is 2. The van der Waals surface area contributed by atoms with E-state index in [4.69, 9.17) is 5.11 Å². The molecule has 0 fully saturated rings. The number of nitrogens with one attached hydrogen (secondary N) is 3. The molecule has 0 radical (unpaired) electrons. The van der Waals surface area contributed by atoms with Crippen LogP contribution in [0.4, 0.5) is 5.82 Å². The summed E-state index contributed by atoms with van der Waals surface area (Å²) < 4.78 is 25.4. The maximum absolute atomic E-state index is 11.7. The van der Waals surface area contributed by atoms with Gasteiger partial charge >= 0.3 is 5.97 Å². The number of anilines is 1. The molecular weight excluding hydrogens is 250 g/mol. The average Bonchev–Trinajstić information content (AvgIpc) is 2.85. The molecule has 0 aromatic carbocycles. The third-order valence-corrected chi connectivity index (χ3v) is 3.10. The number of aromatic amines is 2. The topological polar surface area (TPSA) is 141 Å². The molecule has 9 nitrogen and oxygen atoms in total. The zero-order chi connectivity index (χ0) is 12.5. The second-order valence-electron chi connectivity index (χ2n) is 3.00. The summed E-state index contributed by atoms with van der Waals surface area (Å²) >= 11 is 0. The van der Waals surface area contributed by atoms with Crippen molar-refractivity contribution in [2.45, 2.75) is 5.03 Å². The van der Waals surface area contributed by atoms with Gasteiger partial charge in [-0.3, -0.25) is 14.9 Å². The van der Waals surface area contributed by atoms with Crippen LogP contribution in [0.3, 0.4) is 0 Å². The monoisotopic (exact) mass is 257 g/mol. The molecule has 2 rings (SSSR count). The first-order chi connectivity index (χ1) is 7.99. The Morgan fingerprint density at radius 2 is 2.18 bits per heavy atom. The molecule has 4 N–H and O–H groups in total. The number of carboxylic acids is 1. The standard InChI is InChI=1S/C7H7N5O4S/c13-7(14)4-3-5(10-9-4)12-17(15,16)6-1-2-8-11-6/h1-3H,(H,8,11)(H,13,14)(H2,9,10,12). The van der Waals surface area contributed by atoms with E-state index < -0.39 is 16.0 Å². The van der Waals surface area contributed by atoms with Crippen molar-refractivity contribution in [3.8, 4) is 0 Å². The van der Waals surface area contributed by atoms with Gasteiger partial charge in [0.2, 0.25) is 0 Å². The number of hydrogen-bond acceptors (Lipinski definition) is 5. The first kappa shape index (κ1) is 11.1. The first-order valence-corrected chi connectivity index (χ1v) is 5.78. The van der Waals surface area contributed by atoms with Crippen LogP contribution in [0.5, 0.6) is 0 Å². The van der Waals surface area contributed by atoms with E-state index in [1.807, 2.05) is 0 Å². The predicted molar refractivity (Wildman–Crippen MR) is 54.9 cm³/mol. The molecule has 0 bridgehead atoms. The highest BCUT2D eigenvalue weighted by molar-refractivity contribution is 7.92. The maximum Gasteiger partial charge on any atom is 0.353 e. The molecule has 0 unspecified atom stereocenters. The van der Waals surface area contributed by atoms with E-state index >= 15 is 0 Å². The van der Waals surface area contributed by atoms with Crippen LogP contribution in [0.1, 0.15) is 10.5 Å². The van der Waals surface area contributed by atoms with Crippen LogP contribution >= 0.6 is 0 Å². The Morgan fingerprint density at radius 1 is 1.41 bits per heavy atom. The summed E-state index contributed by atoms with van der Waals surface area (Å²) in [6.45, 7) is 0. The zero-order valence-electron chi connectivity index (χ0n) is 8.21. The van der Waals surface area contributed by atoms with Gasteiger partial charge < -0.3 is 5.11 Å². The van der Waals surface area contributed by atoms with Crippen molar-refractivity contribution in [2.75, 3.05) is 4.72 Å². The summed E-state index contributed by atoms with van der Waals surface area (Å²) in [7, 11) is -3.83. The summed E-state index contributed by atoms with van der Waals surface area (Å²) in [5, 5.41) is 19.9. The lowest BCUT2D eigenvalue weighted by atomic mass is 10.4. The Balaban J connectivity index is 2.24. The van der Waals surface area contributed by atoms with Crippen molar-refractivity contribution in [1.29, 1.82) is 0 Å². The van der Waals surface area contributed by atoms with Crippen molar-refractivity contribution in [3.05, 3.63) is 24.0 Å². The minimum atomic E-state index is -3.83. The number of carboxylic acid groups (broad SMARTS) is 1. The van der Waals surface area contributed by atoms with Crippen LogP contribution in [0, 0.1) is 0 Å². The largest absolute Gasteiger partial charge is 0.477 e. The molecule has 0 amide bonds. The molecule has 2 aromatic rings. The van der Waals surface area contributed by atoms with Crippen LogP contribution in [-0.4, -0.2) is 39.9 Å². The first-order valence-electron chi connectivity index (χ1n) is 4.30. The van der Waals surface area contributed by atoms with E-state index in [-0.39, 0.29) is 16.5 Å². The Hall–Kier alpha value is -2.36. The number of sulfonamides is 1. The zero-order valence-corrected chi connectivity index (χ0v) is 9.02. The Labute approximate surface area is 94.9 Å². The van der Waals surface area contributed by atoms with Gasteiger partial charge in [0, 0.05) is 6.07 Å². The Morgan fingerprint density at radius 3 is 2.71 bits per heavy atom. The summed E-state index contributed by atoms with van der Waals surface area (Å²) in [5.41, 5.74) is -0.215. The fourth-order valence-electron chi connectivity index (χ4n) is 1.07. The molecule has 0 atom stereocenters. The quantitative estimate of drug-likeness (QED) is 0.589. The number of carbonyl (C=O) groups is 1. The highest BCUT2D eigenvalue weighted by atomic mass is 32.2. The lowest BCUT2D eigenvalue weighted by Gasteiger charge is -2.00. The Bertz CT molecular complexity index is 629. The third kappa shape index (κ3) is 2.25. The van der Waals surface area contributed by atoms with Gasteiger partial charge in [0.1, 0.15) is 5.69 Å².